The Labute approximate surface area is 181 Å². The predicted octanol–water partition coefficient (Wildman–Crippen LogP) is 3.44. The lowest BCUT2D eigenvalue weighted by molar-refractivity contribution is -0.131. The van der Waals surface area contributed by atoms with Crippen molar-refractivity contribution < 1.29 is 14.3 Å². The predicted molar refractivity (Wildman–Crippen MR) is 119 cm³/mol. The first-order valence-electron chi connectivity index (χ1n) is 10.9. The highest BCUT2D eigenvalue weighted by Gasteiger charge is 2.33. The van der Waals surface area contributed by atoms with Crippen LogP contribution in [0, 0.1) is 23.7 Å². The van der Waals surface area contributed by atoms with Crippen molar-refractivity contribution >= 4 is 11.8 Å². The molecule has 2 amide bonds. The first-order valence-corrected chi connectivity index (χ1v) is 10.9. The van der Waals surface area contributed by atoms with E-state index in [1.807, 2.05) is 19.2 Å². The molecule has 3 atom stereocenters. The summed E-state index contributed by atoms with van der Waals surface area (Å²) in [5.74, 6) is 1.67. The van der Waals surface area contributed by atoms with Gasteiger partial charge < -0.3 is 15.0 Å². The molecule has 0 spiro atoms. The molecule has 1 aliphatic carbocycles. The number of ether oxygens (including phenoxy) is 1. The highest BCUT2D eigenvalue weighted by Crippen LogP contribution is 2.39. The van der Waals surface area contributed by atoms with Crippen molar-refractivity contribution in [2.75, 3.05) is 27.3 Å². The summed E-state index contributed by atoms with van der Waals surface area (Å²) in [4.78, 5) is 30.7. The number of hydrogen-bond donors (Lipinski definition) is 1. The Kier molecular flexibility index (Phi) is 9.50. The van der Waals surface area contributed by atoms with Crippen LogP contribution in [0.15, 0.2) is 36.2 Å². The van der Waals surface area contributed by atoms with Gasteiger partial charge in [0.25, 0.3) is 0 Å². The number of hydrogen-bond acceptors (Lipinski definition) is 4. The highest BCUT2D eigenvalue weighted by atomic mass is 16.5. The van der Waals surface area contributed by atoms with Gasteiger partial charge in [-0.2, -0.15) is 0 Å². The number of nitrogens with zero attached hydrogens (tertiary/aromatic N) is 2. The molecule has 0 fully saturated rings. The number of pyridine rings is 1. The third kappa shape index (κ3) is 7.24. The standard InChI is InChI=1S/C24H37N3O3/c1-17(2)22-12-20(13-24(29)27(4)16-19-7-6-9-25-14-19)18(3)11-21(22)15-26-23(28)8-10-30-5/h6-7,9,11,14,17,20-22H,8,10,12-13,15-16H2,1-5H3,(H,26,28). The Balaban J connectivity index is 1.97. The van der Waals surface area contributed by atoms with Crippen LogP contribution in [0.2, 0.25) is 0 Å². The zero-order valence-corrected chi connectivity index (χ0v) is 19.1. The lowest BCUT2D eigenvalue weighted by Crippen LogP contribution is -2.38. The van der Waals surface area contributed by atoms with Crippen molar-refractivity contribution in [3.63, 3.8) is 0 Å². The smallest absolute Gasteiger partial charge is 0.223 e. The van der Waals surface area contributed by atoms with Crippen LogP contribution in [0.25, 0.3) is 0 Å². The van der Waals surface area contributed by atoms with E-state index in [1.54, 1.807) is 24.4 Å². The molecule has 0 radical (unpaired) electrons. The van der Waals surface area contributed by atoms with Gasteiger partial charge in [-0.3, -0.25) is 14.6 Å². The maximum Gasteiger partial charge on any atom is 0.223 e. The lowest BCUT2D eigenvalue weighted by atomic mass is 9.69. The molecule has 0 saturated heterocycles. The summed E-state index contributed by atoms with van der Waals surface area (Å²) in [7, 11) is 3.46. The van der Waals surface area contributed by atoms with Crippen molar-refractivity contribution in [2.45, 2.75) is 46.6 Å². The lowest BCUT2D eigenvalue weighted by Gasteiger charge is -2.37. The van der Waals surface area contributed by atoms with Crippen LogP contribution < -0.4 is 5.32 Å². The molecule has 2 rings (SSSR count). The largest absolute Gasteiger partial charge is 0.384 e. The normalized spacial score (nSPS) is 21.3. The van der Waals surface area contributed by atoms with E-state index in [9.17, 15) is 9.59 Å². The van der Waals surface area contributed by atoms with E-state index >= 15 is 0 Å². The Bertz CT molecular complexity index is 718. The number of allylic oxidation sites excluding steroid dienone is 1. The van der Waals surface area contributed by atoms with Gasteiger partial charge in [0.1, 0.15) is 0 Å². The monoisotopic (exact) mass is 415 g/mol. The molecular weight excluding hydrogens is 378 g/mol. The van der Waals surface area contributed by atoms with Gasteiger partial charge in [-0.25, -0.2) is 0 Å². The van der Waals surface area contributed by atoms with Gasteiger partial charge in [0.05, 0.1) is 6.61 Å². The molecule has 3 unspecified atom stereocenters. The molecule has 0 saturated carbocycles. The summed E-state index contributed by atoms with van der Waals surface area (Å²) >= 11 is 0. The molecule has 0 aromatic carbocycles. The Morgan fingerprint density at radius 2 is 2.13 bits per heavy atom. The topological polar surface area (TPSA) is 71.5 Å². The highest BCUT2D eigenvalue weighted by molar-refractivity contribution is 5.77. The minimum atomic E-state index is 0.0275. The number of nitrogens with one attached hydrogen (secondary N) is 1. The van der Waals surface area contributed by atoms with Crippen LogP contribution in [0.5, 0.6) is 0 Å². The molecule has 1 heterocycles. The number of aromatic nitrogens is 1. The van der Waals surface area contributed by atoms with Crippen LogP contribution in [0.4, 0.5) is 0 Å². The fraction of sp³-hybridized carbons (Fsp3) is 0.625. The third-order valence-electron chi connectivity index (χ3n) is 6.14. The molecule has 166 valence electrons. The van der Waals surface area contributed by atoms with E-state index in [0.29, 0.717) is 50.3 Å². The summed E-state index contributed by atoms with van der Waals surface area (Å²) in [6.07, 6.45) is 7.71. The van der Waals surface area contributed by atoms with Crippen LogP contribution >= 0.6 is 0 Å². The van der Waals surface area contributed by atoms with E-state index in [-0.39, 0.29) is 17.7 Å². The minimum absolute atomic E-state index is 0.0275. The van der Waals surface area contributed by atoms with Gasteiger partial charge in [0, 0.05) is 52.5 Å². The van der Waals surface area contributed by atoms with Crippen LogP contribution in [-0.2, 0) is 20.9 Å². The summed E-state index contributed by atoms with van der Waals surface area (Å²) < 4.78 is 4.98. The fourth-order valence-corrected chi connectivity index (χ4v) is 4.24. The van der Waals surface area contributed by atoms with Crippen molar-refractivity contribution in [2.24, 2.45) is 23.7 Å². The number of methoxy groups -OCH3 is 1. The average Bonchev–Trinajstić information content (AvgIpc) is 2.72. The molecule has 0 aliphatic heterocycles. The molecule has 6 nitrogen and oxygen atoms in total. The maximum absolute atomic E-state index is 12.8. The summed E-state index contributed by atoms with van der Waals surface area (Å²) in [6, 6.07) is 3.88. The summed E-state index contributed by atoms with van der Waals surface area (Å²) in [5.41, 5.74) is 2.29. The second kappa shape index (κ2) is 11.8. The van der Waals surface area contributed by atoms with Crippen molar-refractivity contribution in [3.8, 4) is 0 Å². The molecular formula is C24H37N3O3. The zero-order valence-electron chi connectivity index (χ0n) is 19.1. The maximum atomic E-state index is 12.8. The first-order chi connectivity index (χ1) is 14.3. The van der Waals surface area contributed by atoms with E-state index in [1.165, 1.54) is 5.57 Å². The average molecular weight is 416 g/mol. The quantitative estimate of drug-likeness (QED) is 0.594. The van der Waals surface area contributed by atoms with Crippen molar-refractivity contribution in [1.82, 2.24) is 15.2 Å². The Morgan fingerprint density at radius 3 is 2.77 bits per heavy atom. The van der Waals surface area contributed by atoms with Crippen LogP contribution in [-0.4, -0.2) is 49.0 Å². The number of carbonyl (C=O) groups excluding carboxylic acids is 2. The van der Waals surface area contributed by atoms with Gasteiger partial charge in [-0.1, -0.05) is 31.6 Å². The van der Waals surface area contributed by atoms with Crippen molar-refractivity contribution in [3.05, 3.63) is 41.7 Å². The molecule has 30 heavy (non-hydrogen) atoms. The zero-order chi connectivity index (χ0) is 22.1. The first kappa shape index (κ1) is 24.1. The van der Waals surface area contributed by atoms with Crippen LogP contribution in [0.3, 0.4) is 0 Å². The molecule has 0 bridgehead atoms. The van der Waals surface area contributed by atoms with E-state index in [4.69, 9.17) is 4.74 Å². The molecule has 1 aliphatic rings. The fourth-order valence-electron chi connectivity index (χ4n) is 4.24. The van der Waals surface area contributed by atoms with Gasteiger partial charge >= 0.3 is 0 Å². The van der Waals surface area contributed by atoms with E-state index < -0.39 is 0 Å². The third-order valence-corrected chi connectivity index (χ3v) is 6.14. The molecule has 6 heteroatoms. The second-order valence-electron chi connectivity index (χ2n) is 8.78. The van der Waals surface area contributed by atoms with Gasteiger partial charge in [0.2, 0.25) is 11.8 Å². The Hall–Kier alpha value is -2.21. The summed E-state index contributed by atoms with van der Waals surface area (Å²) in [6.45, 7) is 8.24. The van der Waals surface area contributed by atoms with Gasteiger partial charge in [0.15, 0.2) is 0 Å². The van der Waals surface area contributed by atoms with Gasteiger partial charge in [-0.05, 0) is 48.6 Å². The van der Waals surface area contributed by atoms with E-state index in [0.717, 1.165) is 12.0 Å². The molecule has 1 aromatic heterocycles. The Morgan fingerprint density at radius 1 is 1.37 bits per heavy atom. The molecule has 1 N–H and O–H groups in total. The molecule has 1 aromatic rings. The second-order valence-corrected chi connectivity index (χ2v) is 8.78. The van der Waals surface area contributed by atoms with Crippen molar-refractivity contribution in [1.29, 1.82) is 0 Å². The van der Waals surface area contributed by atoms with E-state index in [2.05, 4.69) is 37.1 Å². The minimum Gasteiger partial charge on any atom is -0.384 e. The van der Waals surface area contributed by atoms with Gasteiger partial charge in [-0.15, -0.1) is 0 Å². The number of carbonyl (C=O) groups is 2. The SMILES string of the molecule is COCCC(=O)NCC1C=C(C)C(CC(=O)N(C)Cc2cccnc2)CC1C(C)C. The van der Waals surface area contributed by atoms with Crippen LogP contribution in [0.1, 0.15) is 45.6 Å². The number of amides is 2. The summed E-state index contributed by atoms with van der Waals surface area (Å²) in [5, 5.41) is 3.05. The number of rotatable bonds is 10.